The first kappa shape index (κ1) is 18.2. The standard InChI is InChI=1S/C20H19NO3S2/c1-3-11-24-14-7-5-13(6-8-14)16-9-10-17(26-16)15-12-25-19(21)18(15)20(22)23-4-2/h3,5-10,12H,1,4,11,21H2,2H3. The second-order valence-electron chi connectivity index (χ2n) is 5.40. The maximum Gasteiger partial charge on any atom is 0.341 e. The van der Waals surface area contributed by atoms with Crippen molar-refractivity contribution in [1.82, 2.24) is 0 Å². The lowest BCUT2D eigenvalue weighted by molar-refractivity contribution is 0.0529. The number of esters is 1. The van der Waals surface area contributed by atoms with E-state index in [4.69, 9.17) is 15.2 Å². The third-order valence-corrected chi connectivity index (χ3v) is 5.66. The lowest BCUT2D eigenvalue weighted by Gasteiger charge is -2.04. The summed E-state index contributed by atoms with van der Waals surface area (Å²) in [7, 11) is 0. The molecule has 0 bridgehead atoms. The van der Waals surface area contributed by atoms with Crippen LogP contribution in [0.15, 0.2) is 54.4 Å². The molecule has 0 aliphatic rings. The number of rotatable bonds is 7. The molecule has 4 nitrogen and oxygen atoms in total. The van der Waals surface area contributed by atoms with E-state index < -0.39 is 0 Å². The van der Waals surface area contributed by atoms with E-state index in [1.165, 1.54) is 11.3 Å². The summed E-state index contributed by atoms with van der Waals surface area (Å²) in [6.45, 7) is 6.23. The molecule has 26 heavy (non-hydrogen) atoms. The molecule has 3 rings (SSSR count). The molecule has 0 aliphatic carbocycles. The van der Waals surface area contributed by atoms with Gasteiger partial charge in [-0.3, -0.25) is 0 Å². The van der Waals surface area contributed by atoms with Gasteiger partial charge in [0.1, 0.15) is 22.9 Å². The van der Waals surface area contributed by atoms with Crippen LogP contribution in [0, 0.1) is 0 Å². The highest BCUT2D eigenvalue weighted by Gasteiger charge is 2.21. The molecule has 0 spiro atoms. The largest absolute Gasteiger partial charge is 0.490 e. The average Bonchev–Trinajstić information content (AvgIpc) is 3.27. The van der Waals surface area contributed by atoms with Crippen molar-refractivity contribution >= 4 is 33.6 Å². The third-order valence-electron chi connectivity index (χ3n) is 3.68. The predicted octanol–water partition coefficient (Wildman–Crippen LogP) is 5.47. The summed E-state index contributed by atoms with van der Waals surface area (Å²) in [6.07, 6.45) is 1.72. The molecule has 0 radical (unpaired) electrons. The molecule has 3 aromatic rings. The Balaban J connectivity index is 1.87. The van der Waals surface area contributed by atoms with Gasteiger partial charge in [-0.15, -0.1) is 22.7 Å². The minimum atomic E-state index is -0.375. The first-order chi connectivity index (χ1) is 12.6. The van der Waals surface area contributed by atoms with Gasteiger partial charge in [0, 0.05) is 20.7 Å². The van der Waals surface area contributed by atoms with Gasteiger partial charge in [0.05, 0.1) is 6.61 Å². The van der Waals surface area contributed by atoms with Crippen LogP contribution < -0.4 is 10.5 Å². The average molecular weight is 386 g/mol. The lowest BCUT2D eigenvalue weighted by atomic mass is 10.1. The van der Waals surface area contributed by atoms with Crippen molar-refractivity contribution < 1.29 is 14.3 Å². The second-order valence-corrected chi connectivity index (χ2v) is 7.39. The molecule has 1 aromatic carbocycles. The molecule has 0 amide bonds. The minimum absolute atomic E-state index is 0.323. The van der Waals surface area contributed by atoms with Crippen LogP contribution in [0.5, 0.6) is 5.75 Å². The fourth-order valence-electron chi connectivity index (χ4n) is 2.48. The Labute approximate surface area is 160 Å². The molecule has 0 saturated carbocycles. The first-order valence-electron chi connectivity index (χ1n) is 8.12. The summed E-state index contributed by atoms with van der Waals surface area (Å²) in [5, 5.41) is 2.39. The normalized spacial score (nSPS) is 10.5. The van der Waals surface area contributed by atoms with Crippen molar-refractivity contribution in [2.45, 2.75) is 6.92 Å². The van der Waals surface area contributed by atoms with Crippen LogP contribution in [0.1, 0.15) is 17.3 Å². The van der Waals surface area contributed by atoms with Gasteiger partial charge < -0.3 is 15.2 Å². The number of nitrogen functional groups attached to an aromatic ring is 1. The van der Waals surface area contributed by atoms with Crippen molar-refractivity contribution in [2.75, 3.05) is 18.9 Å². The van der Waals surface area contributed by atoms with E-state index in [-0.39, 0.29) is 5.97 Å². The Kier molecular flexibility index (Phi) is 5.75. The molecule has 6 heteroatoms. The Hall–Kier alpha value is -2.57. The van der Waals surface area contributed by atoms with E-state index in [9.17, 15) is 4.79 Å². The van der Waals surface area contributed by atoms with E-state index >= 15 is 0 Å². The van der Waals surface area contributed by atoms with Crippen molar-refractivity contribution in [2.24, 2.45) is 0 Å². The van der Waals surface area contributed by atoms with Crippen molar-refractivity contribution in [3.63, 3.8) is 0 Å². The van der Waals surface area contributed by atoms with Crippen LogP contribution in [0.4, 0.5) is 5.00 Å². The second kappa shape index (κ2) is 8.21. The quantitative estimate of drug-likeness (QED) is 0.433. The first-order valence-corrected chi connectivity index (χ1v) is 9.82. The zero-order valence-electron chi connectivity index (χ0n) is 14.4. The molecule has 0 fully saturated rings. The zero-order valence-corrected chi connectivity index (χ0v) is 16.0. The number of anilines is 1. The van der Waals surface area contributed by atoms with Gasteiger partial charge in [-0.05, 0) is 48.9 Å². The maximum absolute atomic E-state index is 12.2. The molecule has 134 valence electrons. The smallest absolute Gasteiger partial charge is 0.341 e. The number of carbonyl (C=O) groups excluding carboxylic acids is 1. The molecule has 2 aromatic heterocycles. The van der Waals surface area contributed by atoms with Crippen LogP contribution >= 0.6 is 22.7 Å². The monoisotopic (exact) mass is 385 g/mol. The van der Waals surface area contributed by atoms with Crippen LogP contribution in [0.3, 0.4) is 0 Å². The van der Waals surface area contributed by atoms with Crippen molar-refractivity contribution in [3.05, 3.63) is 60.0 Å². The SMILES string of the molecule is C=CCOc1ccc(-c2ccc(-c3csc(N)c3C(=O)OCC)s2)cc1. The molecular formula is C20H19NO3S2. The van der Waals surface area contributed by atoms with E-state index in [1.54, 1.807) is 24.3 Å². The fourth-order valence-corrected chi connectivity index (χ4v) is 4.39. The predicted molar refractivity (Wildman–Crippen MR) is 109 cm³/mol. The summed E-state index contributed by atoms with van der Waals surface area (Å²) in [6, 6.07) is 12.0. The molecule has 0 saturated heterocycles. The number of thiophene rings is 2. The summed E-state index contributed by atoms with van der Waals surface area (Å²) in [4.78, 5) is 14.3. The van der Waals surface area contributed by atoms with E-state index in [2.05, 4.69) is 6.58 Å². The number of ether oxygens (including phenoxy) is 2. The zero-order chi connectivity index (χ0) is 18.5. The molecule has 0 aliphatic heterocycles. The van der Waals surface area contributed by atoms with E-state index in [1.807, 2.05) is 41.8 Å². The highest BCUT2D eigenvalue weighted by Crippen LogP contribution is 2.40. The molecule has 2 heterocycles. The van der Waals surface area contributed by atoms with Crippen LogP contribution in [-0.4, -0.2) is 19.2 Å². The van der Waals surface area contributed by atoms with Gasteiger partial charge in [0.15, 0.2) is 0 Å². The van der Waals surface area contributed by atoms with Gasteiger partial charge >= 0.3 is 5.97 Å². The van der Waals surface area contributed by atoms with Crippen molar-refractivity contribution in [1.29, 1.82) is 0 Å². The molecule has 0 unspecified atom stereocenters. The van der Waals surface area contributed by atoms with Crippen LogP contribution in [0.25, 0.3) is 20.9 Å². The summed E-state index contributed by atoms with van der Waals surface area (Å²) < 4.78 is 10.6. The van der Waals surface area contributed by atoms with Crippen LogP contribution in [0.2, 0.25) is 0 Å². The summed E-state index contributed by atoms with van der Waals surface area (Å²) in [5.74, 6) is 0.431. The van der Waals surface area contributed by atoms with Crippen LogP contribution in [-0.2, 0) is 4.74 Å². The Morgan fingerprint density at radius 1 is 1.19 bits per heavy atom. The topological polar surface area (TPSA) is 61.5 Å². The number of carbonyl (C=O) groups is 1. The Morgan fingerprint density at radius 2 is 1.92 bits per heavy atom. The maximum atomic E-state index is 12.2. The molecular weight excluding hydrogens is 366 g/mol. The minimum Gasteiger partial charge on any atom is -0.490 e. The number of nitrogens with two attached hydrogens (primary N) is 1. The van der Waals surface area contributed by atoms with Gasteiger partial charge in [-0.1, -0.05) is 12.7 Å². The molecule has 0 atom stereocenters. The summed E-state index contributed by atoms with van der Waals surface area (Å²) >= 11 is 2.97. The fraction of sp³-hybridized carbons (Fsp3) is 0.150. The highest BCUT2D eigenvalue weighted by atomic mass is 32.1. The lowest BCUT2D eigenvalue weighted by Crippen LogP contribution is -2.06. The Bertz CT molecular complexity index is 910. The van der Waals surface area contributed by atoms with Gasteiger partial charge in [-0.25, -0.2) is 4.79 Å². The summed E-state index contributed by atoms with van der Waals surface area (Å²) in [5.41, 5.74) is 8.36. The Morgan fingerprint density at radius 3 is 2.62 bits per heavy atom. The van der Waals surface area contributed by atoms with Gasteiger partial charge in [-0.2, -0.15) is 0 Å². The van der Waals surface area contributed by atoms with Crippen molar-refractivity contribution in [3.8, 4) is 26.6 Å². The molecule has 2 N–H and O–H groups in total. The van der Waals surface area contributed by atoms with Gasteiger partial charge in [0.25, 0.3) is 0 Å². The van der Waals surface area contributed by atoms with Gasteiger partial charge in [0.2, 0.25) is 0 Å². The number of benzene rings is 1. The number of hydrogen-bond acceptors (Lipinski definition) is 6. The van der Waals surface area contributed by atoms with E-state index in [0.29, 0.717) is 23.8 Å². The number of hydrogen-bond donors (Lipinski definition) is 1. The third kappa shape index (κ3) is 3.81. The highest BCUT2D eigenvalue weighted by molar-refractivity contribution is 7.20. The van der Waals surface area contributed by atoms with E-state index in [0.717, 1.165) is 26.6 Å².